The first kappa shape index (κ1) is 14.3. The first-order chi connectivity index (χ1) is 8.79. The van der Waals surface area contributed by atoms with Gasteiger partial charge in [-0.25, -0.2) is 0 Å². The topological polar surface area (TPSA) is 52.6 Å². The van der Waals surface area contributed by atoms with E-state index < -0.39 is 5.54 Å². The zero-order chi connectivity index (χ0) is 14.2. The molecule has 0 spiro atoms. The SMILES string of the molecule is CC(C)N1CCC(CN2CC(=O)NC(C)(C)C2=O)C1. The van der Waals surface area contributed by atoms with E-state index >= 15 is 0 Å². The highest BCUT2D eigenvalue weighted by Gasteiger charge is 2.40. The standard InChI is InChI=1S/C14H25N3O2/c1-10(2)16-6-5-11(7-16)8-17-9-12(18)15-14(3,4)13(17)19/h10-11H,5-9H2,1-4H3,(H,15,18). The normalized spacial score (nSPS) is 28.1. The van der Waals surface area contributed by atoms with Crippen molar-refractivity contribution in [1.29, 1.82) is 0 Å². The number of nitrogens with one attached hydrogen (secondary N) is 1. The van der Waals surface area contributed by atoms with E-state index in [1.807, 2.05) is 0 Å². The molecule has 1 atom stereocenters. The molecule has 5 nitrogen and oxygen atoms in total. The van der Waals surface area contributed by atoms with Crippen LogP contribution in [0.4, 0.5) is 0 Å². The van der Waals surface area contributed by atoms with Gasteiger partial charge in [-0.05, 0) is 46.6 Å². The van der Waals surface area contributed by atoms with Gasteiger partial charge in [0.1, 0.15) is 5.54 Å². The lowest BCUT2D eigenvalue weighted by molar-refractivity contribution is -0.148. The van der Waals surface area contributed by atoms with Gasteiger partial charge >= 0.3 is 0 Å². The predicted molar refractivity (Wildman–Crippen MR) is 73.6 cm³/mol. The van der Waals surface area contributed by atoms with Crippen LogP contribution < -0.4 is 5.32 Å². The van der Waals surface area contributed by atoms with E-state index in [4.69, 9.17) is 0 Å². The Morgan fingerprint density at radius 2 is 2.05 bits per heavy atom. The highest BCUT2D eigenvalue weighted by molar-refractivity contribution is 5.97. The van der Waals surface area contributed by atoms with Crippen LogP contribution in [0.25, 0.3) is 0 Å². The molecule has 108 valence electrons. The third-order valence-electron chi connectivity index (χ3n) is 4.13. The number of hydrogen-bond acceptors (Lipinski definition) is 3. The maximum Gasteiger partial charge on any atom is 0.248 e. The fourth-order valence-corrected chi connectivity index (χ4v) is 3.02. The fourth-order valence-electron chi connectivity index (χ4n) is 3.02. The van der Waals surface area contributed by atoms with Crippen LogP contribution in [-0.2, 0) is 9.59 Å². The summed E-state index contributed by atoms with van der Waals surface area (Å²) in [6.45, 7) is 11.0. The first-order valence-corrected chi connectivity index (χ1v) is 7.14. The van der Waals surface area contributed by atoms with Crippen LogP contribution in [-0.4, -0.2) is 59.4 Å². The van der Waals surface area contributed by atoms with Crippen LogP contribution in [0.15, 0.2) is 0 Å². The smallest absolute Gasteiger partial charge is 0.248 e. The molecule has 19 heavy (non-hydrogen) atoms. The van der Waals surface area contributed by atoms with Gasteiger partial charge in [-0.3, -0.25) is 9.59 Å². The van der Waals surface area contributed by atoms with Crippen molar-refractivity contribution in [2.45, 2.75) is 45.7 Å². The van der Waals surface area contributed by atoms with E-state index in [-0.39, 0.29) is 18.4 Å². The Kier molecular flexibility index (Phi) is 3.85. The van der Waals surface area contributed by atoms with Gasteiger partial charge in [0.25, 0.3) is 0 Å². The highest BCUT2D eigenvalue weighted by atomic mass is 16.2. The summed E-state index contributed by atoms with van der Waals surface area (Å²) in [5.74, 6) is 0.478. The van der Waals surface area contributed by atoms with E-state index in [9.17, 15) is 9.59 Å². The van der Waals surface area contributed by atoms with Gasteiger partial charge in [-0.2, -0.15) is 0 Å². The van der Waals surface area contributed by atoms with E-state index in [1.165, 1.54) is 0 Å². The molecule has 2 saturated heterocycles. The number of likely N-dealkylation sites (tertiary alicyclic amines) is 1. The molecule has 0 aromatic carbocycles. The summed E-state index contributed by atoms with van der Waals surface area (Å²) in [6, 6.07) is 0.557. The molecule has 0 bridgehead atoms. The van der Waals surface area contributed by atoms with Crippen LogP contribution in [0.1, 0.15) is 34.1 Å². The summed E-state index contributed by atoms with van der Waals surface area (Å²) in [4.78, 5) is 28.1. The zero-order valence-corrected chi connectivity index (χ0v) is 12.4. The zero-order valence-electron chi connectivity index (χ0n) is 12.4. The Morgan fingerprint density at radius 1 is 1.37 bits per heavy atom. The van der Waals surface area contributed by atoms with Crippen LogP contribution in [0, 0.1) is 5.92 Å². The molecule has 5 heteroatoms. The Labute approximate surface area is 115 Å². The molecule has 0 radical (unpaired) electrons. The minimum absolute atomic E-state index is 0.0371. The second-order valence-corrected chi connectivity index (χ2v) is 6.60. The molecule has 1 N–H and O–H groups in total. The molecule has 2 heterocycles. The van der Waals surface area contributed by atoms with Crippen molar-refractivity contribution in [3.8, 4) is 0 Å². The highest BCUT2D eigenvalue weighted by Crippen LogP contribution is 2.22. The second kappa shape index (κ2) is 5.12. The van der Waals surface area contributed by atoms with Crippen molar-refractivity contribution in [1.82, 2.24) is 15.1 Å². The molecule has 2 amide bonds. The molecule has 2 rings (SSSR count). The molecule has 2 fully saturated rings. The molecule has 0 saturated carbocycles. The largest absolute Gasteiger partial charge is 0.341 e. The van der Waals surface area contributed by atoms with Gasteiger partial charge in [-0.1, -0.05) is 0 Å². The molecule has 2 aliphatic rings. The average molecular weight is 267 g/mol. The molecule has 2 aliphatic heterocycles. The summed E-state index contributed by atoms with van der Waals surface area (Å²) >= 11 is 0. The van der Waals surface area contributed by atoms with Crippen molar-refractivity contribution in [3.63, 3.8) is 0 Å². The predicted octanol–water partition coefficient (Wildman–Crippen LogP) is 0.454. The Balaban J connectivity index is 1.96. The summed E-state index contributed by atoms with van der Waals surface area (Å²) in [5.41, 5.74) is -0.758. The van der Waals surface area contributed by atoms with Crippen molar-refractivity contribution < 1.29 is 9.59 Å². The molecule has 0 aromatic rings. The third kappa shape index (κ3) is 3.08. The van der Waals surface area contributed by atoms with Gasteiger partial charge in [0.2, 0.25) is 11.8 Å². The van der Waals surface area contributed by atoms with Crippen molar-refractivity contribution in [3.05, 3.63) is 0 Å². The quantitative estimate of drug-likeness (QED) is 0.808. The molecule has 1 unspecified atom stereocenters. The van der Waals surface area contributed by atoms with E-state index in [1.54, 1.807) is 18.7 Å². The van der Waals surface area contributed by atoms with Gasteiger partial charge in [-0.15, -0.1) is 0 Å². The summed E-state index contributed by atoms with van der Waals surface area (Å²) in [6.07, 6.45) is 1.12. The molecule has 0 aromatic heterocycles. The third-order valence-corrected chi connectivity index (χ3v) is 4.13. The number of amides is 2. The average Bonchev–Trinajstić information content (AvgIpc) is 2.73. The second-order valence-electron chi connectivity index (χ2n) is 6.60. The number of nitrogens with zero attached hydrogens (tertiary/aromatic N) is 2. The number of hydrogen-bond donors (Lipinski definition) is 1. The Morgan fingerprint density at radius 3 is 2.63 bits per heavy atom. The summed E-state index contributed by atoms with van der Waals surface area (Å²) < 4.78 is 0. The van der Waals surface area contributed by atoms with Crippen LogP contribution in [0.2, 0.25) is 0 Å². The minimum Gasteiger partial charge on any atom is -0.341 e. The lowest BCUT2D eigenvalue weighted by atomic mass is 9.98. The number of rotatable bonds is 3. The Bertz CT molecular complexity index is 379. The first-order valence-electron chi connectivity index (χ1n) is 7.14. The van der Waals surface area contributed by atoms with E-state index in [2.05, 4.69) is 24.1 Å². The lowest BCUT2D eigenvalue weighted by Gasteiger charge is -2.38. The van der Waals surface area contributed by atoms with Gasteiger partial charge in [0.15, 0.2) is 0 Å². The van der Waals surface area contributed by atoms with Crippen molar-refractivity contribution in [2.75, 3.05) is 26.2 Å². The molecular weight excluding hydrogens is 242 g/mol. The van der Waals surface area contributed by atoms with Gasteiger partial charge in [0, 0.05) is 19.1 Å². The number of piperazine rings is 1. The van der Waals surface area contributed by atoms with E-state index in [0.29, 0.717) is 18.5 Å². The maximum atomic E-state index is 12.3. The molecule has 0 aliphatic carbocycles. The van der Waals surface area contributed by atoms with Crippen molar-refractivity contribution >= 4 is 11.8 Å². The van der Waals surface area contributed by atoms with E-state index in [0.717, 1.165) is 19.5 Å². The summed E-state index contributed by atoms with van der Waals surface area (Å²) in [5, 5.41) is 2.75. The fraction of sp³-hybridized carbons (Fsp3) is 0.857. The summed E-state index contributed by atoms with van der Waals surface area (Å²) in [7, 11) is 0. The monoisotopic (exact) mass is 267 g/mol. The lowest BCUT2D eigenvalue weighted by Crippen LogP contribution is -2.64. The van der Waals surface area contributed by atoms with Crippen LogP contribution >= 0.6 is 0 Å². The van der Waals surface area contributed by atoms with Crippen LogP contribution in [0.5, 0.6) is 0 Å². The minimum atomic E-state index is -0.758. The number of carbonyl (C=O) groups excluding carboxylic acids is 2. The Hall–Kier alpha value is -1.10. The van der Waals surface area contributed by atoms with Crippen molar-refractivity contribution in [2.24, 2.45) is 5.92 Å². The van der Waals surface area contributed by atoms with Gasteiger partial charge in [0.05, 0.1) is 6.54 Å². The van der Waals surface area contributed by atoms with Gasteiger partial charge < -0.3 is 15.1 Å². The number of carbonyl (C=O) groups is 2. The maximum absolute atomic E-state index is 12.3. The molecular formula is C14H25N3O2. The van der Waals surface area contributed by atoms with Crippen LogP contribution in [0.3, 0.4) is 0 Å².